The molecule has 2 aromatic rings. The van der Waals surface area contributed by atoms with E-state index in [0.29, 0.717) is 0 Å². The van der Waals surface area contributed by atoms with Gasteiger partial charge in [-0.15, -0.1) is 0 Å². The van der Waals surface area contributed by atoms with Gasteiger partial charge in [0.25, 0.3) is 0 Å². The van der Waals surface area contributed by atoms with Crippen LogP contribution in [0.25, 0.3) is 10.9 Å². The fourth-order valence-corrected chi connectivity index (χ4v) is 2.13. The first kappa shape index (κ1) is 7.97. The number of rotatable bonds is 0. The smallest absolute Gasteiger partial charge is 0.131 e. The first-order chi connectivity index (χ1) is 5.70. The average Bonchev–Trinajstić information content (AvgIpc) is 2.29. The Morgan fingerprint density at radius 1 is 1.50 bits per heavy atom. The van der Waals surface area contributed by atoms with Crippen molar-refractivity contribution in [2.45, 2.75) is 6.92 Å². The van der Waals surface area contributed by atoms with Crippen molar-refractivity contribution in [1.82, 2.24) is 14.8 Å². The molecule has 0 N–H and O–H groups in total. The molecular weight excluding hydrogens is 265 g/mol. The summed E-state index contributed by atoms with van der Waals surface area (Å²) < 4.78 is 2.91. The summed E-state index contributed by atoms with van der Waals surface area (Å²) in [5, 5.41) is 5.50. The van der Waals surface area contributed by atoms with Crippen molar-refractivity contribution in [2.24, 2.45) is 7.05 Å². The second-order valence-electron chi connectivity index (χ2n) is 2.71. The average molecular weight is 273 g/mol. The molecular formula is C8H8IN3. The van der Waals surface area contributed by atoms with Gasteiger partial charge in [-0.25, -0.2) is 0 Å². The van der Waals surface area contributed by atoms with Gasteiger partial charge in [0.05, 0.1) is 11.2 Å². The summed E-state index contributed by atoms with van der Waals surface area (Å²) in [7, 11) is 1.94. The van der Waals surface area contributed by atoms with Gasteiger partial charge in [0.1, 0.15) is 3.70 Å². The number of hydrogen-bond acceptors (Lipinski definition) is 2. The Morgan fingerprint density at radius 3 is 2.92 bits per heavy atom. The van der Waals surface area contributed by atoms with E-state index in [9.17, 15) is 0 Å². The van der Waals surface area contributed by atoms with Crippen molar-refractivity contribution in [2.75, 3.05) is 0 Å². The largest absolute Gasteiger partial charge is 0.265 e. The van der Waals surface area contributed by atoms with Gasteiger partial charge in [0.15, 0.2) is 0 Å². The zero-order valence-corrected chi connectivity index (χ0v) is 9.03. The molecule has 2 rings (SSSR count). The van der Waals surface area contributed by atoms with Crippen LogP contribution in [-0.2, 0) is 7.05 Å². The molecule has 62 valence electrons. The lowest BCUT2D eigenvalue weighted by molar-refractivity contribution is 0.783. The second-order valence-corrected chi connectivity index (χ2v) is 3.73. The van der Waals surface area contributed by atoms with Gasteiger partial charge < -0.3 is 0 Å². The van der Waals surface area contributed by atoms with Crippen molar-refractivity contribution >= 4 is 33.5 Å². The summed E-state index contributed by atoms with van der Waals surface area (Å²) >= 11 is 2.24. The van der Waals surface area contributed by atoms with Gasteiger partial charge in [0.2, 0.25) is 0 Å². The molecule has 0 fully saturated rings. The van der Waals surface area contributed by atoms with E-state index in [4.69, 9.17) is 0 Å². The molecule has 0 aliphatic rings. The molecule has 0 aliphatic heterocycles. The lowest BCUT2D eigenvalue weighted by atomic mass is 10.3. The third-order valence-electron chi connectivity index (χ3n) is 1.89. The van der Waals surface area contributed by atoms with Crippen molar-refractivity contribution in [1.29, 1.82) is 0 Å². The van der Waals surface area contributed by atoms with E-state index in [0.717, 1.165) is 14.9 Å². The normalized spacial score (nSPS) is 10.9. The van der Waals surface area contributed by atoms with Gasteiger partial charge in [-0.05, 0) is 35.6 Å². The molecule has 0 radical (unpaired) electrons. The highest BCUT2D eigenvalue weighted by atomic mass is 127. The van der Waals surface area contributed by atoms with Crippen LogP contribution in [0.3, 0.4) is 0 Å². The van der Waals surface area contributed by atoms with Crippen molar-refractivity contribution in [3.8, 4) is 0 Å². The van der Waals surface area contributed by atoms with E-state index in [2.05, 4.69) is 32.7 Å². The maximum absolute atomic E-state index is 4.31. The van der Waals surface area contributed by atoms with E-state index in [1.54, 1.807) is 0 Å². The highest BCUT2D eigenvalue weighted by Crippen LogP contribution is 2.20. The van der Waals surface area contributed by atoms with Gasteiger partial charge in [-0.2, -0.15) is 5.10 Å². The second kappa shape index (κ2) is 2.69. The molecule has 2 heterocycles. The number of fused-ring (bicyclic) bond motifs is 1. The number of hydrogen-bond donors (Lipinski definition) is 0. The van der Waals surface area contributed by atoms with Crippen LogP contribution in [0, 0.1) is 10.6 Å². The Bertz CT molecular complexity index is 433. The number of aryl methyl sites for hydroxylation is 2. The minimum atomic E-state index is 1.03. The van der Waals surface area contributed by atoms with Gasteiger partial charge in [-0.1, -0.05) is 0 Å². The van der Waals surface area contributed by atoms with Crippen LogP contribution in [0.4, 0.5) is 0 Å². The highest BCUT2D eigenvalue weighted by Gasteiger charge is 2.07. The van der Waals surface area contributed by atoms with Gasteiger partial charge in [-0.3, -0.25) is 9.67 Å². The van der Waals surface area contributed by atoms with Gasteiger partial charge in [0, 0.05) is 18.6 Å². The van der Waals surface area contributed by atoms with Crippen LogP contribution >= 0.6 is 22.6 Å². The molecule has 0 aliphatic carbocycles. The van der Waals surface area contributed by atoms with Crippen LogP contribution < -0.4 is 0 Å². The third-order valence-corrected chi connectivity index (χ3v) is 2.69. The van der Waals surface area contributed by atoms with Crippen molar-refractivity contribution in [3.05, 3.63) is 21.7 Å². The summed E-state index contributed by atoms with van der Waals surface area (Å²) in [6, 6.07) is 2.00. The molecule has 0 saturated heterocycles. The van der Waals surface area contributed by atoms with E-state index in [-0.39, 0.29) is 0 Å². The van der Waals surface area contributed by atoms with Crippen LogP contribution in [0.2, 0.25) is 0 Å². The fourth-order valence-electron chi connectivity index (χ4n) is 1.37. The molecule has 0 amide bonds. The lowest BCUT2D eigenvalue weighted by Gasteiger charge is -1.96. The Labute approximate surface area is 83.9 Å². The Balaban J connectivity index is 2.99. The molecule has 0 unspecified atom stereocenters. The minimum Gasteiger partial charge on any atom is -0.265 e. The molecule has 12 heavy (non-hydrogen) atoms. The molecule has 3 nitrogen and oxygen atoms in total. The molecule has 0 aromatic carbocycles. The van der Waals surface area contributed by atoms with Crippen LogP contribution in [0.5, 0.6) is 0 Å². The van der Waals surface area contributed by atoms with Crippen molar-refractivity contribution in [3.63, 3.8) is 0 Å². The van der Waals surface area contributed by atoms with Crippen LogP contribution in [0.15, 0.2) is 12.3 Å². The number of pyridine rings is 1. The minimum absolute atomic E-state index is 1.03. The molecule has 0 bridgehead atoms. The number of nitrogens with zero attached hydrogens (tertiary/aromatic N) is 3. The SMILES string of the molecule is Cc1nccc2c(I)nn(C)c12. The number of halogens is 1. The molecule has 2 aromatic heterocycles. The van der Waals surface area contributed by atoms with E-state index in [1.165, 1.54) is 5.39 Å². The summed E-state index contributed by atoms with van der Waals surface area (Å²) in [5.74, 6) is 0. The molecule has 4 heteroatoms. The van der Waals surface area contributed by atoms with Gasteiger partial charge >= 0.3 is 0 Å². The summed E-state index contributed by atoms with van der Waals surface area (Å²) in [6.07, 6.45) is 1.82. The van der Waals surface area contributed by atoms with E-state index in [1.807, 2.05) is 30.9 Å². The Morgan fingerprint density at radius 2 is 2.25 bits per heavy atom. The molecule has 0 spiro atoms. The maximum Gasteiger partial charge on any atom is 0.131 e. The highest BCUT2D eigenvalue weighted by molar-refractivity contribution is 14.1. The quantitative estimate of drug-likeness (QED) is 0.686. The summed E-state index contributed by atoms with van der Waals surface area (Å²) in [6.45, 7) is 2.00. The number of aromatic nitrogens is 3. The zero-order valence-electron chi connectivity index (χ0n) is 6.87. The van der Waals surface area contributed by atoms with E-state index >= 15 is 0 Å². The Hall–Kier alpha value is -0.650. The zero-order chi connectivity index (χ0) is 8.72. The summed E-state index contributed by atoms with van der Waals surface area (Å²) in [5.41, 5.74) is 2.16. The first-order valence-electron chi connectivity index (χ1n) is 3.64. The Kier molecular flexibility index (Phi) is 1.79. The molecule has 0 saturated carbocycles. The first-order valence-corrected chi connectivity index (χ1v) is 4.72. The van der Waals surface area contributed by atoms with E-state index < -0.39 is 0 Å². The van der Waals surface area contributed by atoms with Crippen LogP contribution in [-0.4, -0.2) is 14.8 Å². The predicted octanol–water partition coefficient (Wildman–Crippen LogP) is 1.88. The predicted molar refractivity (Wildman–Crippen MR) is 56.0 cm³/mol. The topological polar surface area (TPSA) is 30.7 Å². The summed E-state index contributed by atoms with van der Waals surface area (Å²) in [4.78, 5) is 4.22. The monoisotopic (exact) mass is 273 g/mol. The van der Waals surface area contributed by atoms with Crippen molar-refractivity contribution < 1.29 is 0 Å². The fraction of sp³-hybridized carbons (Fsp3) is 0.250. The standard InChI is InChI=1S/C8H8IN3/c1-5-7-6(3-4-10-5)8(9)11-12(7)2/h3-4H,1-2H3. The van der Waals surface area contributed by atoms with Crippen LogP contribution in [0.1, 0.15) is 5.69 Å². The lowest BCUT2D eigenvalue weighted by Crippen LogP contribution is -1.92. The molecule has 0 atom stereocenters. The maximum atomic E-state index is 4.31. The third kappa shape index (κ3) is 1.01.